The monoisotopic (exact) mass is 426 g/mol. The Morgan fingerprint density at radius 2 is 1.93 bits per heavy atom. The molecule has 2 aromatic rings. The fraction of sp³-hybridized carbons (Fsp3) is 0.444. The minimum atomic E-state index is -3.67. The van der Waals surface area contributed by atoms with Gasteiger partial charge in [-0.25, -0.2) is 13.2 Å². The molecule has 1 amide bonds. The molecule has 1 aliphatic rings. The molecule has 0 atom stereocenters. The van der Waals surface area contributed by atoms with E-state index in [4.69, 9.17) is 9.15 Å². The summed E-state index contributed by atoms with van der Waals surface area (Å²) in [5.41, 5.74) is 0.687. The Hall–Kier alpha value is -2.17. The van der Waals surface area contributed by atoms with Crippen molar-refractivity contribution in [2.75, 3.05) is 25.0 Å². The van der Waals surface area contributed by atoms with Crippen molar-refractivity contribution in [1.29, 1.82) is 0 Å². The number of hydrogen-bond donors (Lipinski definition) is 1. The smallest absolute Gasteiger partial charge is 0.348 e. The van der Waals surface area contributed by atoms with Crippen LogP contribution in [0.1, 0.15) is 51.3 Å². The zero-order chi connectivity index (χ0) is 20.5. The van der Waals surface area contributed by atoms with Gasteiger partial charge in [-0.15, -0.1) is 11.3 Å². The summed E-state index contributed by atoms with van der Waals surface area (Å²) < 4.78 is 37.2. The Morgan fingerprint density at radius 3 is 2.57 bits per heavy atom. The predicted molar refractivity (Wildman–Crippen MR) is 104 cm³/mol. The number of ether oxygens (including phenoxy) is 1. The summed E-state index contributed by atoms with van der Waals surface area (Å²) in [4.78, 5) is 24.8. The number of rotatable bonds is 6. The Balaban J connectivity index is 1.79. The van der Waals surface area contributed by atoms with Crippen LogP contribution in [0.4, 0.5) is 5.00 Å². The highest BCUT2D eigenvalue weighted by Gasteiger charge is 2.32. The lowest BCUT2D eigenvalue weighted by Gasteiger charge is -2.14. The average molecular weight is 427 g/mol. The van der Waals surface area contributed by atoms with Crippen LogP contribution < -0.4 is 5.32 Å². The molecule has 0 unspecified atom stereocenters. The molecule has 152 valence electrons. The van der Waals surface area contributed by atoms with Gasteiger partial charge in [-0.3, -0.25) is 4.79 Å². The molecule has 8 nitrogen and oxygen atoms in total. The first-order chi connectivity index (χ1) is 13.2. The minimum absolute atomic E-state index is 0.00845. The van der Waals surface area contributed by atoms with Crippen LogP contribution >= 0.6 is 11.3 Å². The lowest BCUT2D eigenvalue weighted by Crippen LogP contribution is -2.28. The fourth-order valence-electron chi connectivity index (χ4n) is 3.02. The van der Waals surface area contributed by atoms with E-state index in [9.17, 15) is 18.0 Å². The maximum Gasteiger partial charge on any atom is 0.348 e. The van der Waals surface area contributed by atoms with Gasteiger partial charge in [0.15, 0.2) is 5.76 Å². The summed E-state index contributed by atoms with van der Waals surface area (Å²) in [6, 6.07) is 2.91. The van der Waals surface area contributed by atoms with Gasteiger partial charge in [0.2, 0.25) is 10.0 Å². The van der Waals surface area contributed by atoms with E-state index in [1.165, 1.54) is 17.3 Å². The Bertz CT molecular complexity index is 999. The zero-order valence-corrected chi connectivity index (χ0v) is 17.5. The van der Waals surface area contributed by atoms with E-state index in [0.717, 1.165) is 24.2 Å². The number of thiophene rings is 1. The van der Waals surface area contributed by atoms with Gasteiger partial charge in [0.1, 0.15) is 15.5 Å². The van der Waals surface area contributed by atoms with Crippen molar-refractivity contribution in [3.63, 3.8) is 0 Å². The molecule has 0 radical (unpaired) electrons. The number of carbonyl (C=O) groups is 2. The highest BCUT2D eigenvalue weighted by Crippen LogP contribution is 2.30. The SMILES string of the molecule is CCOC(=O)c1sc(NC(=O)c2cc(S(=O)(=O)N3CCCC3)c(C)o2)cc1C. The second-order valence-corrected chi connectivity index (χ2v) is 9.40. The van der Waals surface area contributed by atoms with Crippen molar-refractivity contribution in [3.05, 3.63) is 34.1 Å². The van der Waals surface area contributed by atoms with E-state index < -0.39 is 21.9 Å². The van der Waals surface area contributed by atoms with Gasteiger partial charge in [-0.1, -0.05) is 0 Å². The van der Waals surface area contributed by atoms with Crippen LogP contribution in [0.25, 0.3) is 0 Å². The molecule has 3 heterocycles. The zero-order valence-electron chi connectivity index (χ0n) is 15.9. The van der Waals surface area contributed by atoms with Gasteiger partial charge in [0, 0.05) is 19.2 Å². The molecule has 0 saturated carbocycles. The standard InChI is InChI=1S/C18H22N2O6S2/c1-4-25-18(22)16-11(2)9-15(27-16)19-17(21)13-10-14(12(3)26-13)28(23,24)20-7-5-6-8-20/h9-10H,4-8H2,1-3H3,(H,19,21). The number of carbonyl (C=O) groups excluding carboxylic acids is 2. The Kier molecular flexibility index (Phi) is 5.92. The molecule has 0 bridgehead atoms. The Morgan fingerprint density at radius 1 is 1.25 bits per heavy atom. The average Bonchev–Trinajstić information content (AvgIpc) is 3.35. The lowest BCUT2D eigenvalue weighted by atomic mass is 10.3. The maximum absolute atomic E-state index is 12.7. The molecule has 1 fully saturated rings. The Labute approximate surface area is 167 Å². The summed E-state index contributed by atoms with van der Waals surface area (Å²) >= 11 is 1.09. The van der Waals surface area contributed by atoms with Crippen molar-refractivity contribution in [2.24, 2.45) is 0 Å². The molecule has 28 heavy (non-hydrogen) atoms. The van der Waals surface area contributed by atoms with Crippen molar-refractivity contribution in [2.45, 2.75) is 38.5 Å². The van der Waals surface area contributed by atoms with Gasteiger partial charge in [-0.05, 0) is 45.2 Å². The van der Waals surface area contributed by atoms with Gasteiger partial charge < -0.3 is 14.5 Å². The summed E-state index contributed by atoms with van der Waals surface area (Å²) in [5.74, 6) is -0.952. The third-order valence-corrected chi connectivity index (χ3v) is 7.53. The van der Waals surface area contributed by atoms with Gasteiger partial charge >= 0.3 is 5.97 Å². The van der Waals surface area contributed by atoms with Crippen LogP contribution in [-0.2, 0) is 14.8 Å². The molecule has 3 rings (SSSR count). The van der Waals surface area contributed by atoms with E-state index in [1.54, 1.807) is 19.9 Å². The minimum Gasteiger partial charge on any atom is -0.462 e. The quantitative estimate of drug-likeness (QED) is 0.711. The lowest BCUT2D eigenvalue weighted by molar-refractivity contribution is 0.0531. The van der Waals surface area contributed by atoms with Gasteiger partial charge in [0.05, 0.1) is 11.6 Å². The predicted octanol–water partition coefficient (Wildman–Crippen LogP) is 3.17. The number of esters is 1. The highest BCUT2D eigenvalue weighted by atomic mass is 32.2. The van der Waals surface area contributed by atoms with Crippen molar-refractivity contribution in [1.82, 2.24) is 4.31 Å². The van der Waals surface area contributed by atoms with Crippen LogP contribution in [0.2, 0.25) is 0 Å². The van der Waals surface area contributed by atoms with E-state index in [2.05, 4.69) is 5.32 Å². The normalized spacial score (nSPS) is 15.0. The second-order valence-electron chi connectivity index (χ2n) is 6.44. The molecule has 10 heteroatoms. The number of sulfonamides is 1. The molecule has 0 spiro atoms. The first kappa shape index (κ1) is 20.6. The third kappa shape index (κ3) is 3.98. The number of anilines is 1. The number of aryl methyl sites for hydroxylation is 2. The number of nitrogens with one attached hydrogen (secondary N) is 1. The molecule has 1 N–H and O–H groups in total. The largest absolute Gasteiger partial charge is 0.462 e. The number of nitrogens with zero attached hydrogens (tertiary/aromatic N) is 1. The van der Waals surface area contributed by atoms with Crippen molar-refractivity contribution < 1.29 is 27.2 Å². The highest BCUT2D eigenvalue weighted by molar-refractivity contribution is 7.89. The number of amides is 1. The van der Waals surface area contributed by atoms with Crippen LogP contribution in [0, 0.1) is 13.8 Å². The van der Waals surface area contributed by atoms with E-state index in [1.807, 2.05) is 0 Å². The summed E-state index contributed by atoms with van der Waals surface area (Å²) in [6.07, 6.45) is 1.65. The topological polar surface area (TPSA) is 106 Å². The summed E-state index contributed by atoms with van der Waals surface area (Å²) in [6.45, 7) is 6.19. The van der Waals surface area contributed by atoms with Crippen LogP contribution in [0.15, 0.2) is 21.4 Å². The van der Waals surface area contributed by atoms with E-state index in [-0.39, 0.29) is 23.0 Å². The third-order valence-electron chi connectivity index (χ3n) is 4.39. The summed E-state index contributed by atoms with van der Waals surface area (Å²) in [7, 11) is -3.67. The molecule has 2 aromatic heterocycles. The second kappa shape index (κ2) is 8.06. The molecule has 1 saturated heterocycles. The van der Waals surface area contributed by atoms with E-state index >= 15 is 0 Å². The van der Waals surface area contributed by atoms with E-state index in [0.29, 0.717) is 28.5 Å². The summed E-state index contributed by atoms with van der Waals surface area (Å²) in [5, 5.41) is 3.10. The number of hydrogen-bond acceptors (Lipinski definition) is 7. The van der Waals surface area contributed by atoms with Gasteiger partial charge in [0.25, 0.3) is 5.91 Å². The fourth-order valence-corrected chi connectivity index (χ4v) is 5.66. The molecule has 0 aliphatic carbocycles. The molecular weight excluding hydrogens is 404 g/mol. The van der Waals surface area contributed by atoms with Crippen LogP contribution in [0.5, 0.6) is 0 Å². The maximum atomic E-state index is 12.7. The molecular formula is C18H22N2O6S2. The molecule has 1 aliphatic heterocycles. The first-order valence-corrected chi connectivity index (χ1v) is 11.2. The van der Waals surface area contributed by atoms with Crippen molar-refractivity contribution >= 4 is 38.2 Å². The van der Waals surface area contributed by atoms with Crippen LogP contribution in [0.3, 0.4) is 0 Å². The van der Waals surface area contributed by atoms with Crippen molar-refractivity contribution in [3.8, 4) is 0 Å². The van der Waals surface area contributed by atoms with Crippen LogP contribution in [-0.4, -0.2) is 44.3 Å². The number of furan rings is 1. The van der Waals surface area contributed by atoms with Gasteiger partial charge in [-0.2, -0.15) is 4.31 Å². The molecule has 0 aromatic carbocycles. The first-order valence-electron chi connectivity index (χ1n) is 8.93.